The smallest absolute Gasteiger partial charge is 0.365 e. The molecule has 0 saturated carbocycles. The van der Waals surface area contributed by atoms with E-state index >= 15 is 0 Å². The van der Waals surface area contributed by atoms with Crippen molar-refractivity contribution < 1.29 is 9.72 Å². The third kappa shape index (κ3) is 1.95. The van der Waals surface area contributed by atoms with Crippen LogP contribution in [0.15, 0.2) is 6.20 Å². The number of carbonyl (C=O) groups excluding carboxylic acids is 1. The lowest BCUT2D eigenvalue weighted by molar-refractivity contribution is -0.388. The first-order chi connectivity index (χ1) is 7.68. The van der Waals surface area contributed by atoms with E-state index in [1.165, 1.54) is 6.20 Å². The summed E-state index contributed by atoms with van der Waals surface area (Å²) in [5.74, 6) is -0.361. The third-order valence-electron chi connectivity index (χ3n) is 2.42. The molecule has 0 bridgehead atoms. The fourth-order valence-corrected chi connectivity index (χ4v) is 1.62. The predicted molar refractivity (Wildman–Crippen MR) is 54.9 cm³/mol. The maximum atomic E-state index is 11.4. The second kappa shape index (κ2) is 4.17. The number of H-pyrrole nitrogens is 1. The van der Waals surface area contributed by atoms with Gasteiger partial charge in [0, 0.05) is 6.54 Å². The van der Waals surface area contributed by atoms with Crippen LogP contribution in [0, 0.1) is 10.1 Å². The molecule has 8 nitrogen and oxygen atoms in total. The number of anilines is 1. The minimum absolute atomic E-state index is 0.137. The Kier molecular flexibility index (Phi) is 2.71. The van der Waals surface area contributed by atoms with Crippen LogP contribution in [-0.2, 0) is 4.79 Å². The molecule has 1 aliphatic rings. The highest BCUT2D eigenvalue weighted by atomic mass is 16.6. The van der Waals surface area contributed by atoms with Gasteiger partial charge in [0.15, 0.2) is 5.69 Å². The van der Waals surface area contributed by atoms with Crippen molar-refractivity contribution in [2.75, 3.05) is 11.9 Å². The fourth-order valence-electron chi connectivity index (χ4n) is 1.62. The lowest BCUT2D eigenvalue weighted by Crippen LogP contribution is -2.44. The number of hydrogen-bond donors (Lipinski definition) is 3. The van der Waals surface area contributed by atoms with Crippen molar-refractivity contribution in [2.45, 2.75) is 18.9 Å². The van der Waals surface area contributed by atoms with E-state index in [-0.39, 0.29) is 17.4 Å². The van der Waals surface area contributed by atoms with Crippen LogP contribution in [0.25, 0.3) is 0 Å². The van der Waals surface area contributed by atoms with Crippen LogP contribution in [0.1, 0.15) is 12.8 Å². The Morgan fingerprint density at radius 3 is 3.12 bits per heavy atom. The molecule has 2 rings (SSSR count). The summed E-state index contributed by atoms with van der Waals surface area (Å²) in [5, 5.41) is 21.9. The van der Waals surface area contributed by atoms with Gasteiger partial charge in [0.25, 0.3) is 0 Å². The number of aromatic nitrogens is 2. The molecule has 1 aromatic heterocycles. The molecular weight excluding hydrogens is 214 g/mol. The van der Waals surface area contributed by atoms with Crippen molar-refractivity contribution in [3.63, 3.8) is 0 Å². The molecule has 1 unspecified atom stereocenters. The van der Waals surface area contributed by atoms with Gasteiger partial charge in [-0.2, -0.15) is 0 Å². The van der Waals surface area contributed by atoms with Gasteiger partial charge in [0.05, 0.1) is 0 Å². The molecule has 1 saturated heterocycles. The molecule has 2 heterocycles. The molecule has 0 aromatic carbocycles. The monoisotopic (exact) mass is 225 g/mol. The number of carbonyl (C=O) groups is 1. The minimum Gasteiger partial charge on any atom is -0.365 e. The number of rotatable bonds is 3. The van der Waals surface area contributed by atoms with Crippen LogP contribution in [0.3, 0.4) is 0 Å². The number of piperidine rings is 1. The van der Waals surface area contributed by atoms with Crippen molar-refractivity contribution in [3.05, 3.63) is 16.3 Å². The molecule has 16 heavy (non-hydrogen) atoms. The molecular formula is C8H11N5O3. The Morgan fingerprint density at radius 1 is 1.62 bits per heavy atom. The van der Waals surface area contributed by atoms with Crippen LogP contribution >= 0.6 is 0 Å². The minimum atomic E-state index is -0.573. The second-order valence-electron chi connectivity index (χ2n) is 3.52. The quantitative estimate of drug-likeness (QED) is 0.495. The Labute approximate surface area is 90.6 Å². The normalized spacial score (nSPS) is 20.2. The van der Waals surface area contributed by atoms with Crippen LogP contribution in [0.2, 0.25) is 0 Å². The number of nitrogens with zero attached hydrogens (tertiary/aromatic N) is 2. The van der Waals surface area contributed by atoms with Gasteiger partial charge in [0.1, 0.15) is 12.2 Å². The summed E-state index contributed by atoms with van der Waals surface area (Å²) >= 11 is 0. The lowest BCUT2D eigenvalue weighted by atomic mass is 10.1. The van der Waals surface area contributed by atoms with Crippen molar-refractivity contribution in [3.8, 4) is 0 Å². The standard InChI is InChI=1S/C8H11N5O3/c14-8-5(2-1-3-9-8)11-6-4-10-12-7(6)13(15)16/h4-5,11H,1-3H2,(H,9,14)(H,10,12). The number of hydrogen-bond acceptors (Lipinski definition) is 5. The average Bonchev–Trinajstić information content (AvgIpc) is 2.69. The molecule has 0 radical (unpaired) electrons. The number of aromatic amines is 1. The fraction of sp³-hybridized carbons (Fsp3) is 0.500. The van der Waals surface area contributed by atoms with E-state index in [1.807, 2.05) is 0 Å². The van der Waals surface area contributed by atoms with E-state index < -0.39 is 11.0 Å². The number of nitrogens with one attached hydrogen (secondary N) is 3. The Bertz CT molecular complexity index is 416. The van der Waals surface area contributed by atoms with E-state index in [4.69, 9.17) is 0 Å². The highest BCUT2D eigenvalue weighted by molar-refractivity contribution is 5.85. The summed E-state index contributed by atoms with van der Waals surface area (Å²) in [6, 6.07) is -0.426. The molecule has 86 valence electrons. The van der Waals surface area contributed by atoms with Crippen molar-refractivity contribution in [2.24, 2.45) is 0 Å². The van der Waals surface area contributed by atoms with Gasteiger partial charge in [-0.1, -0.05) is 5.10 Å². The summed E-state index contributed by atoms with van der Waals surface area (Å²) in [7, 11) is 0. The maximum Gasteiger partial charge on any atom is 0.366 e. The molecule has 1 fully saturated rings. The first kappa shape index (κ1) is 10.4. The molecule has 8 heteroatoms. The molecule has 1 aliphatic heterocycles. The maximum absolute atomic E-state index is 11.4. The van der Waals surface area contributed by atoms with Gasteiger partial charge in [-0.3, -0.25) is 4.79 Å². The van der Waals surface area contributed by atoms with E-state index in [0.29, 0.717) is 13.0 Å². The van der Waals surface area contributed by atoms with Gasteiger partial charge in [0.2, 0.25) is 5.91 Å². The topological polar surface area (TPSA) is 113 Å². The summed E-state index contributed by atoms with van der Waals surface area (Å²) in [6.45, 7) is 0.657. The van der Waals surface area contributed by atoms with Crippen LogP contribution in [-0.4, -0.2) is 33.6 Å². The molecule has 1 amide bonds. The highest BCUT2D eigenvalue weighted by Gasteiger charge is 2.25. The molecule has 1 atom stereocenters. The van der Waals surface area contributed by atoms with Gasteiger partial charge < -0.3 is 20.7 Å². The largest absolute Gasteiger partial charge is 0.366 e. The van der Waals surface area contributed by atoms with Crippen LogP contribution in [0.5, 0.6) is 0 Å². The summed E-state index contributed by atoms with van der Waals surface area (Å²) in [5.41, 5.74) is 0.243. The zero-order valence-electron chi connectivity index (χ0n) is 8.40. The molecule has 1 aromatic rings. The molecule has 3 N–H and O–H groups in total. The van der Waals surface area contributed by atoms with Crippen LogP contribution < -0.4 is 10.6 Å². The van der Waals surface area contributed by atoms with E-state index in [0.717, 1.165) is 6.42 Å². The van der Waals surface area contributed by atoms with Crippen molar-refractivity contribution in [1.82, 2.24) is 15.5 Å². The summed E-state index contributed by atoms with van der Waals surface area (Å²) in [4.78, 5) is 21.5. The number of amides is 1. The SMILES string of the molecule is O=C1NCCCC1Nc1cn[nH]c1[N+](=O)[O-]. The lowest BCUT2D eigenvalue weighted by Gasteiger charge is -2.22. The first-order valence-corrected chi connectivity index (χ1v) is 4.90. The second-order valence-corrected chi connectivity index (χ2v) is 3.52. The molecule has 0 aliphatic carbocycles. The van der Waals surface area contributed by atoms with E-state index in [1.54, 1.807) is 0 Å². The van der Waals surface area contributed by atoms with Gasteiger partial charge in [-0.05, 0) is 17.8 Å². The Morgan fingerprint density at radius 2 is 2.44 bits per heavy atom. The first-order valence-electron chi connectivity index (χ1n) is 4.90. The van der Waals surface area contributed by atoms with E-state index in [2.05, 4.69) is 20.8 Å². The third-order valence-corrected chi connectivity index (χ3v) is 2.42. The van der Waals surface area contributed by atoms with Crippen molar-refractivity contribution >= 4 is 17.4 Å². The Hall–Kier alpha value is -2.12. The highest BCUT2D eigenvalue weighted by Crippen LogP contribution is 2.22. The Balaban J connectivity index is 2.10. The predicted octanol–water partition coefficient (Wildman–Crippen LogP) is 0.00840. The summed E-state index contributed by atoms with van der Waals surface area (Å²) < 4.78 is 0. The zero-order chi connectivity index (χ0) is 11.5. The van der Waals surface area contributed by atoms with E-state index in [9.17, 15) is 14.9 Å². The van der Waals surface area contributed by atoms with Gasteiger partial charge in [-0.15, -0.1) is 5.10 Å². The van der Waals surface area contributed by atoms with Gasteiger partial charge >= 0.3 is 5.82 Å². The van der Waals surface area contributed by atoms with Crippen LogP contribution in [0.4, 0.5) is 11.5 Å². The average molecular weight is 225 g/mol. The number of nitro groups is 1. The van der Waals surface area contributed by atoms with Crippen molar-refractivity contribution in [1.29, 1.82) is 0 Å². The zero-order valence-corrected chi connectivity index (χ0v) is 8.40. The molecule has 0 spiro atoms. The summed E-state index contributed by atoms with van der Waals surface area (Å²) in [6.07, 6.45) is 2.82. The van der Waals surface area contributed by atoms with Gasteiger partial charge in [-0.25, -0.2) is 0 Å².